The minimum Gasteiger partial charge on any atom is -0.415 e. The molecule has 8 heteroatoms. The summed E-state index contributed by atoms with van der Waals surface area (Å²) >= 11 is 0. The maximum atomic E-state index is 14.4. The Morgan fingerprint density at radius 2 is 1.43 bits per heavy atom. The lowest BCUT2D eigenvalue weighted by atomic mass is 10.1. The van der Waals surface area contributed by atoms with Crippen LogP contribution in [0, 0.1) is 0 Å². The van der Waals surface area contributed by atoms with E-state index < -0.39 is 19.4 Å². The molecule has 0 aromatic heterocycles. The number of carbonyl (C=O) groups excluding carboxylic acids is 1. The largest absolute Gasteiger partial charge is 0.453 e. The quantitative estimate of drug-likeness (QED) is 0.238. The van der Waals surface area contributed by atoms with Crippen LogP contribution in [0.1, 0.15) is 19.8 Å². The fourth-order valence-electron chi connectivity index (χ4n) is 4.63. The highest BCUT2D eigenvalue weighted by molar-refractivity contribution is 7.55. The molecule has 4 aromatic carbocycles. The Kier molecular flexibility index (Phi) is 8.42. The fourth-order valence-corrected chi connectivity index (χ4v) is 6.81. The molecule has 0 saturated carbocycles. The molecule has 6 nitrogen and oxygen atoms in total. The molecule has 0 radical (unpaired) electrons. The van der Waals surface area contributed by atoms with Gasteiger partial charge >= 0.3 is 7.60 Å². The third-order valence-corrected chi connectivity index (χ3v) is 8.55. The van der Waals surface area contributed by atoms with Crippen molar-refractivity contribution in [3.8, 4) is 11.5 Å². The van der Waals surface area contributed by atoms with Gasteiger partial charge in [0.2, 0.25) is 5.91 Å². The number of benzene rings is 4. The number of carbonyl (C=O) groups is 1. The zero-order chi connectivity index (χ0) is 25.0. The predicted molar refractivity (Wildman–Crippen MR) is 151 cm³/mol. The molecule has 1 N–H and O–H groups in total. The van der Waals surface area contributed by atoms with Gasteiger partial charge in [-0.2, -0.15) is 0 Å². The van der Waals surface area contributed by atoms with Gasteiger partial charge in [0, 0.05) is 17.6 Å². The highest BCUT2D eigenvalue weighted by Crippen LogP contribution is 2.57. The first-order valence-corrected chi connectivity index (χ1v) is 13.8. The van der Waals surface area contributed by atoms with Gasteiger partial charge in [-0.25, -0.2) is 4.57 Å². The Labute approximate surface area is 223 Å². The highest BCUT2D eigenvalue weighted by atomic mass is 35.5. The molecule has 5 rings (SSSR count). The Morgan fingerprint density at radius 3 is 2.08 bits per heavy atom. The summed E-state index contributed by atoms with van der Waals surface area (Å²) in [4.78, 5) is 15.3. The molecule has 0 spiro atoms. The van der Waals surface area contributed by atoms with Crippen LogP contribution in [0.5, 0.6) is 11.5 Å². The first-order chi connectivity index (χ1) is 17.5. The average molecular weight is 537 g/mol. The van der Waals surface area contributed by atoms with Crippen LogP contribution in [0.15, 0.2) is 103 Å². The number of fused-ring (bicyclic) bond motifs is 1. The number of halogens is 1. The fraction of sp³-hybridized carbons (Fsp3) is 0.207. The number of anilines is 1. The summed E-state index contributed by atoms with van der Waals surface area (Å²) in [5.41, 5.74) is 0.883. The van der Waals surface area contributed by atoms with Crippen LogP contribution in [0.4, 0.5) is 5.69 Å². The Hall–Kier alpha value is -3.47. The van der Waals surface area contributed by atoms with E-state index in [0.29, 0.717) is 24.5 Å². The van der Waals surface area contributed by atoms with E-state index >= 15 is 0 Å². The number of para-hydroxylation sites is 2. The SMILES string of the molecule is C[C@H](Nc1cccc2ccccc12)C(=O)N1CCC[C@@H]1P(=O)(Oc1ccccc1)Oc1ccccc1.Cl. The van der Waals surface area contributed by atoms with E-state index in [4.69, 9.17) is 9.05 Å². The lowest BCUT2D eigenvalue weighted by Crippen LogP contribution is -2.44. The van der Waals surface area contributed by atoms with Crippen LogP contribution in [-0.4, -0.2) is 29.2 Å². The second-order valence-corrected chi connectivity index (χ2v) is 10.9. The standard InChI is InChI=1S/C29H29N2O4P.ClH/c1-22(30-27-19-10-13-23-12-8-9-18-26(23)27)29(32)31-21-11-20-28(31)36(33,34-24-14-4-2-5-15-24)35-25-16-6-3-7-17-25;/h2-10,12-19,22,28,30H,11,20-21H2,1H3;1H/t22-,28-;/m0./s1. The molecule has 4 aromatic rings. The molecule has 1 aliphatic heterocycles. The molecule has 1 heterocycles. The molecular formula is C29H30ClN2O4P. The number of nitrogens with one attached hydrogen (secondary N) is 1. The molecule has 37 heavy (non-hydrogen) atoms. The van der Waals surface area contributed by atoms with Crippen LogP contribution in [0.3, 0.4) is 0 Å². The van der Waals surface area contributed by atoms with Crippen LogP contribution in [-0.2, 0) is 9.36 Å². The molecule has 0 bridgehead atoms. The highest BCUT2D eigenvalue weighted by Gasteiger charge is 2.48. The van der Waals surface area contributed by atoms with Gasteiger partial charge in [-0.15, -0.1) is 12.4 Å². The summed E-state index contributed by atoms with van der Waals surface area (Å²) in [6.07, 6.45) is 1.25. The predicted octanol–water partition coefficient (Wildman–Crippen LogP) is 7.36. The number of hydrogen-bond acceptors (Lipinski definition) is 5. The minimum absolute atomic E-state index is 0. The van der Waals surface area contributed by atoms with Gasteiger partial charge in [-0.1, -0.05) is 72.8 Å². The van der Waals surface area contributed by atoms with Gasteiger partial charge in [-0.05, 0) is 55.5 Å². The summed E-state index contributed by atoms with van der Waals surface area (Å²) in [6, 6.07) is 31.5. The summed E-state index contributed by atoms with van der Waals surface area (Å²) in [5.74, 6) is 0.0529. The van der Waals surface area contributed by atoms with Crippen molar-refractivity contribution in [2.75, 3.05) is 11.9 Å². The topological polar surface area (TPSA) is 67.9 Å². The van der Waals surface area contributed by atoms with Gasteiger partial charge in [0.25, 0.3) is 0 Å². The van der Waals surface area contributed by atoms with Gasteiger partial charge in [-0.3, -0.25) is 4.79 Å². The van der Waals surface area contributed by atoms with Crippen molar-refractivity contribution in [1.29, 1.82) is 0 Å². The normalized spacial score (nSPS) is 16.0. The minimum atomic E-state index is -3.80. The maximum Gasteiger partial charge on any atom is 0.453 e. The molecule has 0 unspecified atom stereocenters. The number of hydrogen-bond donors (Lipinski definition) is 1. The van der Waals surface area contributed by atoms with Crippen LogP contribution in [0.2, 0.25) is 0 Å². The Bertz CT molecular complexity index is 1340. The van der Waals surface area contributed by atoms with E-state index in [1.807, 2.05) is 85.8 Å². The molecule has 0 aliphatic carbocycles. The zero-order valence-electron chi connectivity index (χ0n) is 20.5. The van der Waals surface area contributed by atoms with Crippen molar-refractivity contribution in [1.82, 2.24) is 4.90 Å². The van der Waals surface area contributed by atoms with Crippen molar-refractivity contribution in [3.05, 3.63) is 103 Å². The lowest BCUT2D eigenvalue weighted by Gasteiger charge is -2.32. The number of likely N-dealkylation sites (tertiary alicyclic amines) is 1. The smallest absolute Gasteiger partial charge is 0.415 e. The monoisotopic (exact) mass is 536 g/mol. The van der Waals surface area contributed by atoms with Gasteiger partial charge in [0.05, 0.1) is 0 Å². The van der Waals surface area contributed by atoms with Crippen molar-refractivity contribution in [3.63, 3.8) is 0 Å². The van der Waals surface area contributed by atoms with Crippen molar-refractivity contribution < 1.29 is 18.4 Å². The van der Waals surface area contributed by atoms with Crippen molar-refractivity contribution in [2.45, 2.75) is 31.6 Å². The molecule has 1 fully saturated rings. The summed E-state index contributed by atoms with van der Waals surface area (Å²) in [6.45, 7) is 2.33. The number of nitrogens with zero attached hydrogens (tertiary/aromatic N) is 1. The lowest BCUT2D eigenvalue weighted by molar-refractivity contribution is -0.131. The van der Waals surface area contributed by atoms with E-state index in [1.165, 1.54) is 0 Å². The molecule has 2 atom stereocenters. The van der Waals surface area contributed by atoms with E-state index in [9.17, 15) is 9.36 Å². The van der Waals surface area contributed by atoms with Crippen LogP contribution < -0.4 is 14.4 Å². The first-order valence-electron chi connectivity index (χ1n) is 12.2. The Balaban J connectivity index is 0.00000320. The summed E-state index contributed by atoms with van der Waals surface area (Å²) in [5, 5.41) is 5.51. The molecule has 1 amide bonds. The number of rotatable bonds is 8. The van der Waals surface area contributed by atoms with Crippen molar-refractivity contribution in [2.24, 2.45) is 0 Å². The van der Waals surface area contributed by atoms with E-state index in [-0.39, 0.29) is 18.3 Å². The molecule has 1 saturated heterocycles. The second-order valence-electron chi connectivity index (χ2n) is 8.90. The zero-order valence-corrected chi connectivity index (χ0v) is 22.2. The first kappa shape index (κ1) is 26.6. The van der Waals surface area contributed by atoms with Gasteiger partial charge < -0.3 is 19.3 Å². The molecule has 1 aliphatic rings. The van der Waals surface area contributed by atoms with Crippen molar-refractivity contribution >= 4 is 42.4 Å². The van der Waals surface area contributed by atoms with E-state index in [1.54, 1.807) is 29.2 Å². The van der Waals surface area contributed by atoms with Gasteiger partial charge in [0.1, 0.15) is 17.5 Å². The van der Waals surface area contributed by atoms with E-state index in [0.717, 1.165) is 22.9 Å². The maximum absolute atomic E-state index is 14.4. The van der Waals surface area contributed by atoms with Gasteiger partial charge in [0.15, 0.2) is 5.78 Å². The average Bonchev–Trinajstić information content (AvgIpc) is 3.41. The summed E-state index contributed by atoms with van der Waals surface area (Å²) in [7, 11) is -3.80. The third kappa shape index (κ3) is 5.93. The molecular weight excluding hydrogens is 507 g/mol. The second kappa shape index (κ2) is 11.7. The van der Waals surface area contributed by atoms with E-state index in [2.05, 4.69) is 5.32 Å². The Morgan fingerprint density at radius 1 is 0.865 bits per heavy atom. The van der Waals surface area contributed by atoms with Crippen LogP contribution >= 0.6 is 20.0 Å². The third-order valence-electron chi connectivity index (χ3n) is 6.35. The summed E-state index contributed by atoms with van der Waals surface area (Å²) < 4.78 is 26.5. The molecule has 192 valence electrons. The number of amides is 1. The van der Waals surface area contributed by atoms with Crippen LogP contribution in [0.25, 0.3) is 10.8 Å².